The number of hydrogen-bond acceptors (Lipinski definition) is 5. The number of hydrogen-bond donors (Lipinski definition) is 0. The molecule has 0 saturated heterocycles. The van der Waals surface area contributed by atoms with Gasteiger partial charge in [-0.3, -0.25) is 9.69 Å². The second-order valence-electron chi connectivity index (χ2n) is 6.01. The number of benzene rings is 1. The Morgan fingerprint density at radius 1 is 1.20 bits per heavy atom. The number of carbonyl (C=O) groups is 1. The van der Waals surface area contributed by atoms with E-state index in [0.717, 1.165) is 18.5 Å². The standard InChI is InChI=1S/C18H19N5O2/c1-3-14-19-12(2)15(25-14)17(24)22-10-7-11-23-18(22)20-16(21-23)13-8-5-4-6-9-13/h4-6,8-9H,3,7,10-11H2,1-2H3. The number of carbonyl (C=O) groups excluding carboxylic acids is 1. The molecule has 0 spiro atoms. The van der Waals surface area contributed by atoms with Crippen molar-refractivity contribution in [3.63, 3.8) is 0 Å². The fraction of sp³-hybridized carbons (Fsp3) is 0.333. The van der Waals surface area contributed by atoms with Crippen LogP contribution in [0, 0.1) is 6.92 Å². The van der Waals surface area contributed by atoms with Crippen LogP contribution in [0.5, 0.6) is 0 Å². The van der Waals surface area contributed by atoms with Crippen LogP contribution in [0.25, 0.3) is 11.4 Å². The van der Waals surface area contributed by atoms with Crippen LogP contribution in [-0.2, 0) is 13.0 Å². The van der Waals surface area contributed by atoms with Gasteiger partial charge in [0.1, 0.15) is 0 Å². The molecule has 0 saturated carbocycles. The third-order valence-corrected chi connectivity index (χ3v) is 4.26. The summed E-state index contributed by atoms with van der Waals surface area (Å²) in [6.07, 6.45) is 1.48. The number of oxazole rings is 1. The largest absolute Gasteiger partial charge is 0.435 e. The summed E-state index contributed by atoms with van der Waals surface area (Å²) in [6.45, 7) is 5.07. The lowest BCUT2D eigenvalue weighted by atomic mass is 10.2. The van der Waals surface area contributed by atoms with Crippen LogP contribution in [0.15, 0.2) is 34.7 Å². The monoisotopic (exact) mass is 337 g/mol. The van der Waals surface area contributed by atoms with Gasteiger partial charge in [0, 0.05) is 25.1 Å². The van der Waals surface area contributed by atoms with Gasteiger partial charge < -0.3 is 4.42 Å². The molecule has 0 bridgehead atoms. The molecule has 0 unspecified atom stereocenters. The maximum Gasteiger partial charge on any atom is 0.298 e. The summed E-state index contributed by atoms with van der Waals surface area (Å²) in [7, 11) is 0. The second-order valence-corrected chi connectivity index (χ2v) is 6.01. The second kappa shape index (κ2) is 6.16. The molecule has 7 nitrogen and oxygen atoms in total. The van der Waals surface area contributed by atoms with Crippen molar-refractivity contribution in [1.82, 2.24) is 19.7 Å². The highest BCUT2D eigenvalue weighted by Crippen LogP contribution is 2.25. The molecule has 128 valence electrons. The molecule has 0 fully saturated rings. The van der Waals surface area contributed by atoms with Gasteiger partial charge >= 0.3 is 0 Å². The highest BCUT2D eigenvalue weighted by Gasteiger charge is 2.30. The van der Waals surface area contributed by atoms with Crippen LogP contribution in [0.1, 0.15) is 35.5 Å². The minimum atomic E-state index is -0.210. The Hall–Kier alpha value is -2.96. The van der Waals surface area contributed by atoms with E-state index < -0.39 is 0 Å². The normalized spacial score (nSPS) is 13.8. The summed E-state index contributed by atoms with van der Waals surface area (Å²) in [5.41, 5.74) is 1.54. The van der Waals surface area contributed by atoms with E-state index in [-0.39, 0.29) is 11.7 Å². The van der Waals surface area contributed by atoms with Crippen molar-refractivity contribution in [1.29, 1.82) is 0 Å². The number of nitrogens with zero attached hydrogens (tertiary/aromatic N) is 5. The molecule has 1 aliphatic rings. The van der Waals surface area contributed by atoms with E-state index in [1.54, 1.807) is 16.5 Å². The Morgan fingerprint density at radius 3 is 2.72 bits per heavy atom. The first-order chi connectivity index (χ1) is 12.2. The Morgan fingerprint density at radius 2 is 2.00 bits per heavy atom. The number of rotatable bonds is 3. The molecule has 1 aliphatic heterocycles. The van der Waals surface area contributed by atoms with Gasteiger partial charge in [0.25, 0.3) is 5.91 Å². The van der Waals surface area contributed by atoms with Gasteiger partial charge in [-0.25, -0.2) is 9.67 Å². The smallest absolute Gasteiger partial charge is 0.298 e. The topological polar surface area (TPSA) is 77.1 Å². The van der Waals surface area contributed by atoms with E-state index in [9.17, 15) is 4.79 Å². The quantitative estimate of drug-likeness (QED) is 0.734. The van der Waals surface area contributed by atoms with Crippen molar-refractivity contribution in [2.24, 2.45) is 0 Å². The molecule has 0 radical (unpaired) electrons. The van der Waals surface area contributed by atoms with Crippen LogP contribution < -0.4 is 4.90 Å². The zero-order valence-electron chi connectivity index (χ0n) is 14.3. The van der Waals surface area contributed by atoms with Gasteiger partial charge in [0.05, 0.1) is 5.69 Å². The molecule has 25 heavy (non-hydrogen) atoms. The minimum absolute atomic E-state index is 0.210. The summed E-state index contributed by atoms with van der Waals surface area (Å²) in [5.74, 6) is 1.83. The SMILES string of the molecule is CCc1nc(C)c(C(=O)N2CCCn3nc(-c4ccccc4)nc32)o1. The molecule has 3 heterocycles. The molecule has 4 rings (SSSR count). The van der Waals surface area contributed by atoms with E-state index >= 15 is 0 Å². The predicted molar refractivity (Wildman–Crippen MR) is 92.4 cm³/mol. The molecule has 7 heteroatoms. The maximum absolute atomic E-state index is 13.0. The minimum Gasteiger partial charge on any atom is -0.435 e. The van der Waals surface area contributed by atoms with Crippen LogP contribution in [-0.4, -0.2) is 32.2 Å². The zero-order valence-corrected chi connectivity index (χ0v) is 14.3. The van der Waals surface area contributed by atoms with E-state index in [4.69, 9.17) is 4.42 Å². The highest BCUT2D eigenvalue weighted by molar-refractivity contribution is 6.04. The number of anilines is 1. The van der Waals surface area contributed by atoms with Gasteiger partial charge in [0.2, 0.25) is 11.7 Å². The average molecular weight is 337 g/mol. The van der Waals surface area contributed by atoms with E-state index in [1.165, 1.54) is 0 Å². The maximum atomic E-state index is 13.0. The van der Waals surface area contributed by atoms with Gasteiger partial charge in [-0.1, -0.05) is 37.3 Å². The molecule has 2 aromatic heterocycles. The van der Waals surface area contributed by atoms with Gasteiger partial charge in [-0.15, -0.1) is 5.10 Å². The third kappa shape index (κ3) is 2.71. The Kier molecular flexibility index (Phi) is 3.83. The van der Waals surface area contributed by atoms with E-state index in [1.807, 2.05) is 37.3 Å². The molecule has 1 aromatic carbocycles. The van der Waals surface area contributed by atoms with Gasteiger partial charge in [-0.05, 0) is 13.3 Å². The highest BCUT2D eigenvalue weighted by atomic mass is 16.4. The van der Waals surface area contributed by atoms with Crippen molar-refractivity contribution in [2.45, 2.75) is 33.2 Å². The number of amides is 1. The first-order valence-corrected chi connectivity index (χ1v) is 8.46. The lowest BCUT2D eigenvalue weighted by Crippen LogP contribution is -2.38. The summed E-state index contributed by atoms with van der Waals surface area (Å²) in [6, 6.07) is 9.77. The average Bonchev–Trinajstić information content (AvgIpc) is 3.25. The zero-order chi connectivity index (χ0) is 17.4. The summed E-state index contributed by atoms with van der Waals surface area (Å²) >= 11 is 0. The van der Waals surface area contributed by atoms with Crippen LogP contribution >= 0.6 is 0 Å². The number of aromatic nitrogens is 4. The molecule has 0 N–H and O–H groups in total. The summed E-state index contributed by atoms with van der Waals surface area (Å²) in [4.78, 5) is 23.5. The van der Waals surface area contributed by atoms with Crippen LogP contribution in [0.3, 0.4) is 0 Å². The number of aryl methyl sites for hydroxylation is 3. The van der Waals surface area contributed by atoms with Crippen molar-refractivity contribution in [3.05, 3.63) is 47.7 Å². The summed E-state index contributed by atoms with van der Waals surface area (Å²) < 4.78 is 7.41. The van der Waals surface area contributed by atoms with Crippen molar-refractivity contribution >= 4 is 11.9 Å². The van der Waals surface area contributed by atoms with Crippen LogP contribution in [0.2, 0.25) is 0 Å². The van der Waals surface area contributed by atoms with E-state index in [0.29, 0.717) is 36.3 Å². The lowest BCUT2D eigenvalue weighted by molar-refractivity contribution is 0.0951. The van der Waals surface area contributed by atoms with Crippen molar-refractivity contribution < 1.29 is 9.21 Å². The Labute approximate surface area is 145 Å². The summed E-state index contributed by atoms with van der Waals surface area (Å²) in [5, 5.41) is 4.56. The molecule has 0 atom stereocenters. The molecule has 0 aliphatic carbocycles. The molecule has 3 aromatic rings. The van der Waals surface area contributed by atoms with Gasteiger partial charge in [-0.2, -0.15) is 4.98 Å². The van der Waals surface area contributed by atoms with Crippen LogP contribution in [0.4, 0.5) is 5.95 Å². The Balaban J connectivity index is 1.70. The molecule has 1 amide bonds. The first kappa shape index (κ1) is 15.6. The predicted octanol–water partition coefficient (Wildman–Crippen LogP) is 2.85. The van der Waals surface area contributed by atoms with Crippen molar-refractivity contribution in [3.8, 4) is 11.4 Å². The van der Waals surface area contributed by atoms with E-state index in [2.05, 4.69) is 15.1 Å². The first-order valence-electron chi connectivity index (χ1n) is 8.46. The lowest BCUT2D eigenvalue weighted by Gasteiger charge is -2.25. The third-order valence-electron chi connectivity index (χ3n) is 4.26. The number of fused-ring (bicyclic) bond motifs is 1. The fourth-order valence-corrected chi connectivity index (χ4v) is 2.99. The molecular weight excluding hydrogens is 318 g/mol. The van der Waals surface area contributed by atoms with Gasteiger partial charge in [0.15, 0.2) is 11.7 Å². The fourth-order valence-electron chi connectivity index (χ4n) is 2.99. The molecular formula is C18H19N5O2. The van der Waals surface area contributed by atoms with Crippen molar-refractivity contribution in [2.75, 3.05) is 11.4 Å². The Bertz CT molecular complexity index is 913.